The maximum atomic E-state index is 13.7. The minimum Gasteiger partial charge on any atom is -0.397 e. The predicted molar refractivity (Wildman–Crippen MR) is 103 cm³/mol. The Morgan fingerprint density at radius 3 is 2.54 bits per heavy atom. The molecule has 0 bridgehead atoms. The van der Waals surface area contributed by atoms with Crippen molar-refractivity contribution in [2.24, 2.45) is 0 Å². The van der Waals surface area contributed by atoms with Gasteiger partial charge in [-0.05, 0) is 42.0 Å². The van der Waals surface area contributed by atoms with Crippen LogP contribution in [0.15, 0.2) is 60.8 Å². The standard InChI is InChI=1S/C19H16Cl2FN3O/c20-14-8-9-15(22)19(21)13(14)10-12-26-25(18-7-3-4-11-24-18)17-6-2-1-5-16(17)23/h1-9,11H,10,12,23H2. The third-order valence-corrected chi connectivity index (χ3v) is 4.49. The van der Waals surface area contributed by atoms with Gasteiger partial charge in [0.25, 0.3) is 0 Å². The second kappa shape index (κ2) is 8.36. The summed E-state index contributed by atoms with van der Waals surface area (Å²) in [5.41, 5.74) is 7.76. The smallest absolute Gasteiger partial charge is 0.158 e. The van der Waals surface area contributed by atoms with E-state index in [1.807, 2.05) is 30.3 Å². The maximum absolute atomic E-state index is 13.7. The van der Waals surface area contributed by atoms with Gasteiger partial charge in [-0.15, -0.1) is 0 Å². The first-order valence-corrected chi connectivity index (χ1v) is 8.64. The highest BCUT2D eigenvalue weighted by atomic mass is 35.5. The molecule has 0 unspecified atom stereocenters. The first-order valence-electron chi connectivity index (χ1n) is 7.89. The summed E-state index contributed by atoms with van der Waals surface area (Å²) < 4.78 is 13.7. The van der Waals surface area contributed by atoms with Crippen molar-refractivity contribution in [3.63, 3.8) is 0 Å². The number of rotatable bonds is 6. The minimum absolute atomic E-state index is 0.00436. The minimum atomic E-state index is -0.514. The summed E-state index contributed by atoms with van der Waals surface area (Å²) in [5, 5.41) is 1.93. The molecule has 0 amide bonds. The zero-order chi connectivity index (χ0) is 18.5. The molecule has 1 aromatic heterocycles. The summed E-state index contributed by atoms with van der Waals surface area (Å²) in [4.78, 5) is 10.2. The van der Waals surface area contributed by atoms with Crippen molar-refractivity contribution in [1.29, 1.82) is 0 Å². The van der Waals surface area contributed by atoms with Crippen molar-refractivity contribution in [1.82, 2.24) is 4.98 Å². The lowest BCUT2D eigenvalue weighted by atomic mass is 10.1. The zero-order valence-corrected chi connectivity index (χ0v) is 15.2. The van der Waals surface area contributed by atoms with E-state index in [1.54, 1.807) is 18.3 Å². The molecule has 134 valence electrons. The molecule has 0 fully saturated rings. The van der Waals surface area contributed by atoms with Gasteiger partial charge in [-0.2, -0.15) is 0 Å². The summed E-state index contributed by atoms with van der Waals surface area (Å²) in [6, 6.07) is 15.5. The topological polar surface area (TPSA) is 51.4 Å². The highest BCUT2D eigenvalue weighted by Crippen LogP contribution is 2.31. The number of para-hydroxylation sites is 2. The lowest BCUT2D eigenvalue weighted by Gasteiger charge is -2.24. The van der Waals surface area contributed by atoms with Crippen LogP contribution in [0.25, 0.3) is 0 Å². The molecule has 0 spiro atoms. The van der Waals surface area contributed by atoms with Gasteiger partial charge in [0.1, 0.15) is 5.82 Å². The fourth-order valence-electron chi connectivity index (χ4n) is 2.44. The number of nitrogen functional groups attached to an aromatic ring is 1. The molecule has 0 aliphatic heterocycles. The number of hydrogen-bond acceptors (Lipinski definition) is 4. The van der Waals surface area contributed by atoms with Crippen molar-refractivity contribution in [3.8, 4) is 0 Å². The molecule has 0 saturated heterocycles. The van der Waals surface area contributed by atoms with Crippen LogP contribution in [0, 0.1) is 5.82 Å². The van der Waals surface area contributed by atoms with Crippen LogP contribution in [0.4, 0.5) is 21.6 Å². The van der Waals surface area contributed by atoms with E-state index >= 15 is 0 Å². The molecule has 0 aliphatic carbocycles. The monoisotopic (exact) mass is 391 g/mol. The summed E-state index contributed by atoms with van der Waals surface area (Å²) in [5.74, 6) is 0.0572. The third-order valence-electron chi connectivity index (χ3n) is 3.72. The highest BCUT2D eigenvalue weighted by molar-refractivity contribution is 6.36. The number of anilines is 3. The molecule has 2 aromatic carbocycles. The second-order valence-electron chi connectivity index (χ2n) is 5.45. The van der Waals surface area contributed by atoms with Crippen LogP contribution in [0.3, 0.4) is 0 Å². The van der Waals surface area contributed by atoms with E-state index in [0.29, 0.717) is 34.2 Å². The molecule has 3 rings (SSSR count). The molecule has 0 radical (unpaired) electrons. The highest BCUT2D eigenvalue weighted by Gasteiger charge is 2.16. The summed E-state index contributed by atoms with van der Waals surface area (Å²) in [7, 11) is 0. The van der Waals surface area contributed by atoms with Gasteiger partial charge in [-0.1, -0.05) is 41.4 Å². The third kappa shape index (κ3) is 4.07. The van der Waals surface area contributed by atoms with Crippen LogP contribution < -0.4 is 10.8 Å². The Morgan fingerprint density at radius 1 is 1.04 bits per heavy atom. The molecule has 0 saturated carbocycles. The number of nitrogens with zero attached hydrogens (tertiary/aromatic N) is 2. The molecule has 0 atom stereocenters. The molecular formula is C19H16Cl2FN3O. The molecule has 0 aliphatic rings. The summed E-state index contributed by atoms with van der Waals surface area (Å²) in [6.07, 6.45) is 1.98. The van der Waals surface area contributed by atoms with Crippen LogP contribution in [-0.2, 0) is 11.3 Å². The van der Waals surface area contributed by atoms with Crippen molar-refractivity contribution >= 4 is 40.4 Å². The Kier molecular flexibility index (Phi) is 5.93. The molecule has 4 nitrogen and oxygen atoms in total. The molecule has 1 heterocycles. The van der Waals surface area contributed by atoms with Crippen molar-refractivity contribution < 1.29 is 9.23 Å². The molecule has 2 N–H and O–H groups in total. The predicted octanol–water partition coefficient (Wildman–Crippen LogP) is 5.42. The van der Waals surface area contributed by atoms with E-state index in [4.69, 9.17) is 33.8 Å². The van der Waals surface area contributed by atoms with Crippen molar-refractivity contribution in [2.75, 3.05) is 17.4 Å². The van der Waals surface area contributed by atoms with Gasteiger partial charge >= 0.3 is 0 Å². The van der Waals surface area contributed by atoms with E-state index in [1.165, 1.54) is 17.2 Å². The molecule has 26 heavy (non-hydrogen) atoms. The molecular weight excluding hydrogens is 376 g/mol. The Labute approximate surface area is 160 Å². The van der Waals surface area contributed by atoms with E-state index in [2.05, 4.69) is 4.98 Å². The number of benzene rings is 2. The van der Waals surface area contributed by atoms with Crippen LogP contribution in [0.1, 0.15) is 5.56 Å². The second-order valence-corrected chi connectivity index (χ2v) is 6.23. The largest absolute Gasteiger partial charge is 0.397 e. The Hall–Kier alpha value is -2.34. The Bertz CT molecular complexity index is 893. The van der Waals surface area contributed by atoms with Crippen LogP contribution in [-0.4, -0.2) is 11.6 Å². The van der Waals surface area contributed by atoms with Gasteiger partial charge in [0.05, 0.1) is 23.0 Å². The number of nitrogens with two attached hydrogens (primary N) is 1. The Morgan fingerprint density at radius 2 is 1.81 bits per heavy atom. The van der Waals surface area contributed by atoms with E-state index in [0.717, 1.165) is 0 Å². The lowest BCUT2D eigenvalue weighted by Crippen LogP contribution is -2.21. The summed E-state index contributed by atoms with van der Waals surface area (Å²) in [6.45, 7) is 0.202. The molecule has 7 heteroatoms. The Balaban J connectivity index is 1.82. The average Bonchev–Trinajstić information content (AvgIpc) is 2.66. The summed E-state index contributed by atoms with van der Waals surface area (Å²) >= 11 is 12.1. The van der Waals surface area contributed by atoms with Gasteiger partial charge in [-0.25, -0.2) is 14.4 Å². The van der Waals surface area contributed by atoms with Crippen LogP contribution >= 0.6 is 23.2 Å². The van der Waals surface area contributed by atoms with E-state index in [9.17, 15) is 4.39 Å². The van der Waals surface area contributed by atoms with Crippen LogP contribution in [0.2, 0.25) is 10.0 Å². The first-order chi connectivity index (χ1) is 12.6. The number of aromatic nitrogens is 1. The number of pyridine rings is 1. The number of halogens is 3. The van der Waals surface area contributed by atoms with Gasteiger partial charge in [0, 0.05) is 17.6 Å². The lowest BCUT2D eigenvalue weighted by molar-refractivity contribution is 0.137. The SMILES string of the molecule is Nc1ccccc1N(OCCc1c(Cl)ccc(F)c1Cl)c1ccccn1. The van der Waals surface area contributed by atoms with E-state index in [-0.39, 0.29) is 11.6 Å². The molecule has 3 aromatic rings. The normalized spacial score (nSPS) is 10.7. The van der Waals surface area contributed by atoms with Gasteiger partial charge in [0.2, 0.25) is 0 Å². The van der Waals surface area contributed by atoms with Crippen molar-refractivity contribution in [3.05, 3.63) is 82.2 Å². The fourth-order valence-corrected chi connectivity index (χ4v) is 3.00. The van der Waals surface area contributed by atoms with Gasteiger partial charge < -0.3 is 5.73 Å². The maximum Gasteiger partial charge on any atom is 0.158 e. The zero-order valence-electron chi connectivity index (χ0n) is 13.7. The number of hydrogen-bond donors (Lipinski definition) is 1. The average molecular weight is 392 g/mol. The van der Waals surface area contributed by atoms with Gasteiger partial charge in [-0.3, -0.25) is 4.84 Å². The van der Waals surface area contributed by atoms with Crippen LogP contribution in [0.5, 0.6) is 0 Å². The van der Waals surface area contributed by atoms with Crippen molar-refractivity contribution in [2.45, 2.75) is 6.42 Å². The quantitative estimate of drug-likeness (QED) is 0.346. The first kappa shape index (κ1) is 18.5. The van der Waals surface area contributed by atoms with E-state index < -0.39 is 5.82 Å². The van der Waals surface area contributed by atoms with Gasteiger partial charge in [0.15, 0.2) is 5.82 Å². The fraction of sp³-hybridized carbons (Fsp3) is 0.105.